The van der Waals surface area contributed by atoms with Crippen LogP contribution in [0.3, 0.4) is 0 Å². The highest BCUT2D eigenvalue weighted by molar-refractivity contribution is 7.87. The Labute approximate surface area is 152 Å². The lowest BCUT2D eigenvalue weighted by molar-refractivity contribution is 0.460. The van der Waals surface area contributed by atoms with Gasteiger partial charge in [0.15, 0.2) is 5.75 Å². The van der Waals surface area contributed by atoms with E-state index in [1.54, 1.807) is 0 Å². The third-order valence-electron chi connectivity index (χ3n) is 2.64. The molecule has 14 heteroatoms. The van der Waals surface area contributed by atoms with E-state index in [0.29, 0.717) is 12.3 Å². The number of piperazine rings is 1. The van der Waals surface area contributed by atoms with Crippen LogP contribution in [-0.2, 0) is 30.4 Å². The minimum Gasteiger partial charge on any atom is -0.383 e. The summed E-state index contributed by atoms with van der Waals surface area (Å²) in [5.74, 6) is -1.11. The average Bonchev–Trinajstić information content (AvgIpc) is 2.47. The van der Waals surface area contributed by atoms with E-state index >= 15 is 0 Å². The van der Waals surface area contributed by atoms with Gasteiger partial charge in [0.25, 0.3) is 10.1 Å². The molecule has 1 heterocycles. The molecule has 1 aromatic carbocycles. The van der Waals surface area contributed by atoms with E-state index in [-0.39, 0.29) is 0 Å². The first-order chi connectivity index (χ1) is 11.8. The van der Waals surface area contributed by atoms with Gasteiger partial charge in [-0.2, -0.15) is 25.3 Å². The molecule has 0 amide bonds. The van der Waals surface area contributed by atoms with Crippen LogP contribution in [-0.4, -0.2) is 68.5 Å². The Hall–Kier alpha value is -1.45. The summed E-state index contributed by atoms with van der Waals surface area (Å²) in [6, 6.07) is 2.43. The van der Waals surface area contributed by atoms with E-state index in [9.17, 15) is 25.3 Å². The Morgan fingerprint density at radius 1 is 0.846 bits per heavy atom. The molecule has 0 unspecified atom stereocenters. The lowest BCUT2D eigenvalue weighted by Gasteiger charge is -2.11. The van der Waals surface area contributed by atoms with Crippen LogP contribution in [0, 0.1) is 0 Å². The zero-order valence-electron chi connectivity index (χ0n) is 14.0. The quantitative estimate of drug-likeness (QED) is 0.377. The van der Waals surface area contributed by atoms with Crippen molar-refractivity contribution < 1.29 is 38.2 Å². The molecule has 150 valence electrons. The molecule has 1 aliphatic heterocycles. The highest BCUT2D eigenvalue weighted by Gasteiger charge is 2.21. The molecule has 3 N–H and O–H groups in total. The van der Waals surface area contributed by atoms with E-state index in [1.165, 1.54) is 0 Å². The molecule has 1 saturated heterocycles. The Kier molecular flexibility index (Phi) is 7.79. The van der Waals surface area contributed by atoms with E-state index in [2.05, 4.69) is 19.0 Å². The molecule has 0 radical (unpaired) electrons. The van der Waals surface area contributed by atoms with Crippen molar-refractivity contribution in [2.45, 2.75) is 4.90 Å². The zero-order chi connectivity index (χ0) is 20.0. The summed E-state index contributed by atoms with van der Waals surface area (Å²) in [5.41, 5.74) is 0. The molecule has 0 saturated carbocycles. The molecule has 0 bridgehead atoms. The first-order valence-corrected chi connectivity index (χ1v) is 12.2. The van der Waals surface area contributed by atoms with Crippen LogP contribution in [0.5, 0.6) is 11.5 Å². The van der Waals surface area contributed by atoms with Crippen molar-refractivity contribution in [1.29, 1.82) is 0 Å². The van der Waals surface area contributed by atoms with E-state index in [1.807, 2.05) is 0 Å². The maximum Gasteiger partial charge on any atom is 0.306 e. The smallest absolute Gasteiger partial charge is 0.306 e. The summed E-state index contributed by atoms with van der Waals surface area (Å²) in [4.78, 5) is -0.941. The van der Waals surface area contributed by atoms with E-state index in [0.717, 1.165) is 44.6 Å². The van der Waals surface area contributed by atoms with Gasteiger partial charge >= 0.3 is 20.2 Å². The first-order valence-electron chi connectivity index (χ1n) is 7.10. The van der Waals surface area contributed by atoms with E-state index < -0.39 is 46.7 Å². The number of hydrogen-bond donors (Lipinski definition) is 3. The van der Waals surface area contributed by atoms with Crippen molar-refractivity contribution in [2.75, 3.05) is 38.7 Å². The summed E-state index contributed by atoms with van der Waals surface area (Å²) < 4.78 is 83.8. The normalized spacial score (nSPS) is 15.5. The summed E-state index contributed by atoms with van der Waals surface area (Å²) in [7, 11) is -12.8. The molecule has 0 aromatic heterocycles. The molecule has 0 spiro atoms. The highest BCUT2D eigenvalue weighted by Crippen LogP contribution is 2.29. The van der Waals surface area contributed by atoms with Crippen molar-refractivity contribution in [2.24, 2.45) is 0 Å². The number of nitrogens with one attached hydrogen (secondary N) is 2. The first kappa shape index (κ1) is 22.6. The molecule has 2 rings (SSSR count). The maximum atomic E-state index is 11.1. The average molecular weight is 432 g/mol. The molecule has 26 heavy (non-hydrogen) atoms. The fourth-order valence-corrected chi connectivity index (χ4v) is 3.36. The van der Waals surface area contributed by atoms with E-state index in [4.69, 9.17) is 4.55 Å². The van der Waals surface area contributed by atoms with Gasteiger partial charge in [-0.05, 0) is 12.1 Å². The minimum absolute atomic E-state index is 0.430. The standard InChI is InChI=1S/C8H10O9S3.C4H10N2/c1-18(9,10)16-6-3-4-7(17-19(2,11)12)8(5-6)20(13,14)15;1-2-6-4-3-5-1/h3-5H,1-2H3,(H,13,14,15);5-6H,1-4H2. The third-order valence-corrected chi connectivity index (χ3v) is 4.49. The summed E-state index contributed by atoms with van der Waals surface area (Å²) in [6.07, 6.45) is 1.39. The Bertz CT molecular complexity index is 909. The van der Waals surface area contributed by atoms with Crippen LogP contribution < -0.4 is 19.0 Å². The van der Waals surface area contributed by atoms with Crippen molar-refractivity contribution in [3.8, 4) is 11.5 Å². The fraction of sp³-hybridized carbons (Fsp3) is 0.500. The summed E-state index contributed by atoms with van der Waals surface area (Å²) in [6.45, 7) is 4.56. The number of benzene rings is 1. The Balaban J connectivity index is 0.000000472. The second-order valence-electron chi connectivity index (χ2n) is 5.16. The lowest BCUT2D eigenvalue weighted by Crippen LogP contribution is -2.39. The van der Waals surface area contributed by atoms with Gasteiger partial charge in [0.2, 0.25) is 0 Å². The van der Waals surface area contributed by atoms with Crippen LogP contribution in [0.1, 0.15) is 0 Å². The van der Waals surface area contributed by atoms with Gasteiger partial charge in [0.1, 0.15) is 10.6 Å². The van der Waals surface area contributed by atoms with Crippen molar-refractivity contribution in [1.82, 2.24) is 10.6 Å². The van der Waals surface area contributed by atoms with Gasteiger partial charge < -0.3 is 19.0 Å². The van der Waals surface area contributed by atoms with Crippen LogP contribution in [0.25, 0.3) is 0 Å². The van der Waals surface area contributed by atoms with Crippen molar-refractivity contribution in [3.63, 3.8) is 0 Å². The molecular weight excluding hydrogens is 412 g/mol. The second kappa shape index (κ2) is 8.96. The molecule has 0 atom stereocenters. The SMILES string of the molecule is C1CNCCN1.CS(=O)(=O)Oc1ccc(OS(C)(=O)=O)c(S(=O)(=O)O)c1. The predicted octanol–water partition coefficient (Wildman–Crippen LogP) is -1.21. The summed E-state index contributed by atoms with van der Waals surface area (Å²) in [5, 5.41) is 6.44. The van der Waals surface area contributed by atoms with Crippen LogP contribution in [0.15, 0.2) is 23.1 Å². The predicted molar refractivity (Wildman–Crippen MR) is 92.9 cm³/mol. The van der Waals surface area contributed by atoms with Gasteiger partial charge in [0.05, 0.1) is 12.5 Å². The third kappa shape index (κ3) is 9.30. The lowest BCUT2D eigenvalue weighted by atomic mass is 10.3. The Morgan fingerprint density at radius 3 is 1.65 bits per heavy atom. The number of rotatable bonds is 5. The largest absolute Gasteiger partial charge is 0.383 e. The van der Waals surface area contributed by atoms with Gasteiger partial charge in [0, 0.05) is 32.2 Å². The monoisotopic (exact) mass is 432 g/mol. The number of hydrogen-bond acceptors (Lipinski definition) is 10. The van der Waals surface area contributed by atoms with Gasteiger partial charge in [-0.1, -0.05) is 0 Å². The van der Waals surface area contributed by atoms with Crippen molar-refractivity contribution >= 4 is 30.4 Å². The van der Waals surface area contributed by atoms with Gasteiger partial charge in [-0.25, -0.2) is 0 Å². The molecule has 1 aromatic rings. The van der Waals surface area contributed by atoms with Gasteiger partial charge in [-0.15, -0.1) is 0 Å². The Morgan fingerprint density at radius 2 is 1.31 bits per heavy atom. The maximum absolute atomic E-state index is 11.1. The molecule has 0 aliphatic carbocycles. The molecule has 1 fully saturated rings. The highest BCUT2D eigenvalue weighted by atomic mass is 32.2. The molecule has 11 nitrogen and oxygen atoms in total. The van der Waals surface area contributed by atoms with Crippen LogP contribution >= 0.6 is 0 Å². The molecule has 1 aliphatic rings. The van der Waals surface area contributed by atoms with Crippen LogP contribution in [0.2, 0.25) is 0 Å². The second-order valence-corrected chi connectivity index (χ2v) is 9.70. The minimum atomic E-state index is -4.85. The zero-order valence-corrected chi connectivity index (χ0v) is 16.4. The van der Waals surface area contributed by atoms with Crippen LogP contribution in [0.4, 0.5) is 0 Å². The molecular formula is C12H20N2O9S3. The summed E-state index contributed by atoms with van der Waals surface area (Å²) >= 11 is 0. The topological polar surface area (TPSA) is 165 Å². The van der Waals surface area contributed by atoms with Gasteiger partial charge in [-0.3, -0.25) is 4.55 Å². The van der Waals surface area contributed by atoms with Crippen molar-refractivity contribution in [3.05, 3.63) is 18.2 Å². The fourth-order valence-electron chi connectivity index (χ4n) is 1.75.